The van der Waals surface area contributed by atoms with Gasteiger partial charge in [0.1, 0.15) is 5.00 Å². The van der Waals surface area contributed by atoms with Crippen LogP contribution in [0.15, 0.2) is 63.8 Å². The van der Waals surface area contributed by atoms with Crippen molar-refractivity contribution in [1.29, 1.82) is 0 Å². The van der Waals surface area contributed by atoms with Crippen molar-refractivity contribution in [1.82, 2.24) is 19.1 Å². The first-order valence-corrected chi connectivity index (χ1v) is 8.60. The normalized spacial score (nSPS) is 11.1. The standard InChI is InChI=1S/C18H14N4O2S/c1-12-7-10-25-17(12)22-15-14(6-4-9-20-15)16(23)21(18(22)24)11-13-5-2-3-8-19-13/h2-10H,11H2,1H3. The number of pyridine rings is 2. The first kappa shape index (κ1) is 15.5. The van der Waals surface area contributed by atoms with E-state index in [-0.39, 0.29) is 12.1 Å². The predicted molar refractivity (Wildman–Crippen MR) is 97.6 cm³/mol. The highest BCUT2D eigenvalue weighted by atomic mass is 32.1. The Morgan fingerprint density at radius 3 is 2.60 bits per heavy atom. The molecule has 0 fully saturated rings. The Morgan fingerprint density at radius 2 is 1.88 bits per heavy atom. The van der Waals surface area contributed by atoms with Crippen molar-refractivity contribution in [2.75, 3.05) is 0 Å². The minimum absolute atomic E-state index is 0.119. The maximum Gasteiger partial charge on any atom is 0.338 e. The molecular formula is C18H14N4O2S. The molecule has 0 unspecified atom stereocenters. The van der Waals surface area contributed by atoms with Gasteiger partial charge in [0.2, 0.25) is 0 Å². The summed E-state index contributed by atoms with van der Waals surface area (Å²) in [5.41, 5.74) is 1.22. The second-order valence-electron chi connectivity index (χ2n) is 5.61. The summed E-state index contributed by atoms with van der Waals surface area (Å²) in [6, 6.07) is 10.8. The van der Waals surface area contributed by atoms with Crippen molar-refractivity contribution in [3.05, 3.63) is 86.3 Å². The molecule has 0 aliphatic heterocycles. The summed E-state index contributed by atoms with van der Waals surface area (Å²) in [7, 11) is 0. The summed E-state index contributed by atoms with van der Waals surface area (Å²) in [5, 5.41) is 3.09. The highest BCUT2D eigenvalue weighted by molar-refractivity contribution is 7.12. The third kappa shape index (κ3) is 2.58. The fourth-order valence-electron chi connectivity index (χ4n) is 2.76. The van der Waals surface area contributed by atoms with E-state index < -0.39 is 5.69 Å². The highest BCUT2D eigenvalue weighted by Crippen LogP contribution is 2.21. The Morgan fingerprint density at radius 1 is 1.04 bits per heavy atom. The Kier molecular flexibility index (Phi) is 3.77. The van der Waals surface area contributed by atoms with Gasteiger partial charge in [0.15, 0.2) is 5.65 Å². The molecule has 0 saturated heterocycles. The molecule has 0 amide bonds. The van der Waals surface area contributed by atoms with E-state index in [1.165, 1.54) is 20.5 Å². The first-order valence-electron chi connectivity index (χ1n) is 7.72. The number of fused-ring (bicyclic) bond motifs is 1. The van der Waals surface area contributed by atoms with Crippen LogP contribution in [0.25, 0.3) is 16.0 Å². The summed E-state index contributed by atoms with van der Waals surface area (Å²) < 4.78 is 2.73. The molecule has 0 bridgehead atoms. The highest BCUT2D eigenvalue weighted by Gasteiger charge is 2.17. The second kappa shape index (κ2) is 6.10. The van der Waals surface area contributed by atoms with E-state index in [4.69, 9.17) is 0 Å². The van der Waals surface area contributed by atoms with Crippen LogP contribution in [0.3, 0.4) is 0 Å². The van der Waals surface area contributed by atoms with Crippen LogP contribution >= 0.6 is 11.3 Å². The molecule has 7 heteroatoms. The van der Waals surface area contributed by atoms with E-state index in [0.717, 1.165) is 10.6 Å². The zero-order valence-corrected chi connectivity index (χ0v) is 14.2. The number of thiophene rings is 1. The van der Waals surface area contributed by atoms with Crippen LogP contribution in [0, 0.1) is 6.92 Å². The summed E-state index contributed by atoms with van der Waals surface area (Å²) in [4.78, 5) is 34.5. The molecule has 124 valence electrons. The molecule has 4 heterocycles. The van der Waals surface area contributed by atoms with Crippen LogP contribution < -0.4 is 11.2 Å². The second-order valence-corrected chi connectivity index (χ2v) is 6.51. The fraction of sp³-hybridized carbons (Fsp3) is 0.111. The van der Waals surface area contributed by atoms with Gasteiger partial charge >= 0.3 is 5.69 Å². The van der Waals surface area contributed by atoms with E-state index >= 15 is 0 Å². The molecule has 0 aliphatic carbocycles. The Labute approximate surface area is 146 Å². The third-order valence-corrected chi connectivity index (χ3v) is 4.98. The smallest absolute Gasteiger partial charge is 0.268 e. The predicted octanol–water partition coefficient (Wildman–Crippen LogP) is 2.36. The molecule has 6 nitrogen and oxygen atoms in total. The molecule has 25 heavy (non-hydrogen) atoms. The molecule has 4 aromatic rings. The summed E-state index contributed by atoms with van der Waals surface area (Å²) in [6.07, 6.45) is 3.23. The van der Waals surface area contributed by atoms with Gasteiger partial charge in [-0.25, -0.2) is 14.3 Å². The Hall–Kier alpha value is -3.06. The summed E-state index contributed by atoms with van der Waals surface area (Å²) in [6.45, 7) is 2.05. The van der Waals surface area contributed by atoms with E-state index in [1.807, 2.05) is 24.4 Å². The lowest BCUT2D eigenvalue weighted by molar-refractivity contribution is 0.672. The van der Waals surface area contributed by atoms with Gasteiger partial charge in [-0.3, -0.25) is 14.3 Å². The van der Waals surface area contributed by atoms with E-state index in [0.29, 0.717) is 16.7 Å². The Bertz CT molecular complexity index is 1180. The van der Waals surface area contributed by atoms with Crippen molar-refractivity contribution < 1.29 is 0 Å². The topological polar surface area (TPSA) is 69.8 Å². The van der Waals surface area contributed by atoms with E-state index in [2.05, 4.69) is 9.97 Å². The molecule has 0 N–H and O–H groups in total. The number of aryl methyl sites for hydroxylation is 1. The molecular weight excluding hydrogens is 336 g/mol. The number of nitrogens with zero attached hydrogens (tertiary/aromatic N) is 4. The minimum Gasteiger partial charge on any atom is -0.268 e. The maximum absolute atomic E-state index is 13.1. The number of rotatable bonds is 3. The van der Waals surface area contributed by atoms with Gasteiger partial charge in [0.05, 0.1) is 17.6 Å². The van der Waals surface area contributed by atoms with Crippen LogP contribution in [0.4, 0.5) is 0 Å². The van der Waals surface area contributed by atoms with Crippen LogP contribution in [0.1, 0.15) is 11.3 Å². The van der Waals surface area contributed by atoms with Gasteiger partial charge < -0.3 is 0 Å². The van der Waals surface area contributed by atoms with Crippen molar-refractivity contribution in [2.24, 2.45) is 0 Å². The van der Waals surface area contributed by atoms with Crippen LogP contribution in [-0.4, -0.2) is 19.1 Å². The van der Waals surface area contributed by atoms with Gasteiger partial charge in [0.25, 0.3) is 5.56 Å². The lowest BCUT2D eigenvalue weighted by atomic mass is 10.3. The molecule has 0 radical (unpaired) electrons. The van der Waals surface area contributed by atoms with Gasteiger partial charge in [-0.1, -0.05) is 6.07 Å². The van der Waals surface area contributed by atoms with Crippen LogP contribution in [0.2, 0.25) is 0 Å². The van der Waals surface area contributed by atoms with Gasteiger partial charge in [0, 0.05) is 12.4 Å². The molecule has 0 atom stereocenters. The van der Waals surface area contributed by atoms with Crippen molar-refractivity contribution in [3.8, 4) is 5.00 Å². The molecule has 0 aliphatic rings. The van der Waals surface area contributed by atoms with E-state index in [1.54, 1.807) is 36.7 Å². The summed E-state index contributed by atoms with van der Waals surface area (Å²) in [5.74, 6) is 0. The lowest BCUT2D eigenvalue weighted by Gasteiger charge is -2.12. The number of hydrogen-bond acceptors (Lipinski definition) is 5. The minimum atomic E-state index is -0.410. The Balaban J connectivity index is 2.06. The SMILES string of the molecule is Cc1ccsc1-n1c(=O)n(Cc2ccccn2)c(=O)c2cccnc21. The molecule has 0 aromatic carbocycles. The third-order valence-electron chi connectivity index (χ3n) is 3.98. The van der Waals surface area contributed by atoms with Crippen molar-refractivity contribution in [2.45, 2.75) is 13.5 Å². The maximum atomic E-state index is 13.1. The molecule has 0 saturated carbocycles. The fourth-order valence-corrected chi connectivity index (χ4v) is 3.68. The zero-order chi connectivity index (χ0) is 17.4. The average Bonchev–Trinajstić information content (AvgIpc) is 3.05. The number of aromatic nitrogens is 4. The van der Waals surface area contributed by atoms with Crippen LogP contribution in [-0.2, 0) is 6.54 Å². The van der Waals surface area contributed by atoms with Gasteiger partial charge in [-0.2, -0.15) is 0 Å². The number of hydrogen-bond donors (Lipinski definition) is 0. The average molecular weight is 350 g/mol. The summed E-state index contributed by atoms with van der Waals surface area (Å²) >= 11 is 1.44. The van der Waals surface area contributed by atoms with Crippen LogP contribution in [0.5, 0.6) is 0 Å². The van der Waals surface area contributed by atoms with Crippen molar-refractivity contribution in [3.63, 3.8) is 0 Å². The molecule has 4 rings (SSSR count). The van der Waals surface area contributed by atoms with E-state index in [9.17, 15) is 9.59 Å². The van der Waals surface area contributed by atoms with Gasteiger partial charge in [-0.15, -0.1) is 11.3 Å². The monoisotopic (exact) mass is 350 g/mol. The lowest BCUT2D eigenvalue weighted by Crippen LogP contribution is -2.40. The zero-order valence-electron chi connectivity index (χ0n) is 13.4. The van der Waals surface area contributed by atoms with Crippen molar-refractivity contribution >= 4 is 22.4 Å². The largest absolute Gasteiger partial charge is 0.338 e. The molecule has 4 aromatic heterocycles. The quantitative estimate of drug-likeness (QED) is 0.569. The van der Waals surface area contributed by atoms with Gasteiger partial charge in [-0.05, 0) is 48.2 Å². The molecule has 0 spiro atoms. The first-order chi connectivity index (χ1) is 12.2.